The van der Waals surface area contributed by atoms with E-state index in [9.17, 15) is 4.39 Å². The van der Waals surface area contributed by atoms with Gasteiger partial charge >= 0.3 is 0 Å². The van der Waals surface area contributed by atoms with E-state index >= 15 is 0 Å². The van der Waals surface area contributed by atoms with Crippen molar-refractivity contribution in [2.75, 3.05) is 25.0 Å². The number of halogens is 1. The molecule has 0 bridgehead atoms. The summed E-state index contributed by atoms with van der Waals surface area (Å²) in [5.74, 6) is 0.715. The van der Waals surface area contributed by atoms with Crippen LogP contribution in [0.4, 0.5) is 10.1 Å². The first-order valence-electron chi connectivity index (χ1n) is 6.43. The molecular weight excluding hydrogens is 215 g/mol. The van der Waals surface area contributed by atoms with Crippen LogP contribution in [0, 0.1) is 11.7 Å². The first kappa shape index (κ1) is 12.4. The number of anilines is 1. The molecule has 94 valence electrons. The van der Waals surface area contributed by atoms with Crippen molar-refractivity contribution in [1.82, 2.24) is 5.32 Å². The Kier molecular flexibility index (Phi) is 4.00. The Bertz CT molecular complexity index is 374. The number of hydrogen-bond donors (Lipinski definition) is 1. The van der Waals surface area contributed by atoms with Crippen LogP contribution < -0.4 is 10.2 Å². The Morgan fingerprint density at radius 3 is 2.76 bits per heavy atom. The zero-order chi connectivity index (χ0) is 12.3. The van der Waals surface area contributed by atoms with E-state index in [0.717, 1.165) is 30.3 Å². The molecule has 2 nitrogen and oxygen atoms in total. The van der Waals surface area contributed by atoms with Crippen LogP contribution in [0.25, 0.3) is 0 Å². The van der Waals surface area contributed by atoms with Gasteiger partial charge in [-0.2, -0.15) is 0 Å². The molecular formula is C14H21FN2. The van der Waals surface area contributed by atoms with Crippen LogP contribution in [-0.4, -0.2) is 20.1 Å². The highest BCUT2D eigenvalue weighted by Crippen LogP contribution is 2.32. The minimum atomic E-state index is -0.105. The topological polar surface area (TPSA) is 15.3 Å². The quantitative estimate of drug-likeness (QED) is 0.817. The summed E-state index contributed by atoms with van der Waals surface area (Å²) in [6.45, 7) is 4.73. The van der Waals surface area contributed by atoms with Crippen molar-refractivity contribution in [1.29, 1.82) is 0 Å². The molecule has 0 radical (unpaired) electrons. The molecule has 1 aromatic carbocycles. The van der Waals surface area contributed by atoms with E-state index in [1.165, 1.54) is 12.8 Å². The average molecular weight is 236 g/mol. The SMILES string of the molecule is CCN(CC1CC1)c1cccc(F)c1CNC. The zero-order valence-corrected chi connectivity index (χ0v) is 10.7. The van der Waals surface area contributed by atoms with Crippen molar-refractivity contribution >= 4 is 5.69 Å². The van der Waals surface area contributed by atoms with Crippen molar-refractivity contribution in [2.45, 2.75) is 26.3 Å². The molecule has 1 aliphatic carbocycles. The number of nitrogens with one attached hydrogen (secondary N) is 1. The van der Waals surface area contributed by atoms with Crippen LogP contribution in [0.5, 0.6) is 0 Å². The minimum absolute atomic E-state index is 0.105. The van der Waals surface area contributed by atoms with E-state index in [0.29, 0.717) is 6.54 Å². The summed E-state index contributed by atoms with van der Waals surface area (Å²) in [6.07, 6.45) is 2.65. The third-order valence-electron chi connectivity index (χ3n) is 3.35. The monoisotopic (exact) mass is 236 g/mol. The predicted octanol–water partition coefficient (Wildman–Crippen LogP) is 2.78. The fourth-order valence-electron chi connectivity index (χ4n) is 2.21. The third kappa shape index (κ3) is 2.97. The predicted molar refractivity (Wildman–Crippen MR) is 69.8 cm³/mol. The van der Waals surface area contributed by atoms with Crippen LogP contribution in [0.1, 0.15) is 25.3 Å². The van der Waals surface area contributed by atoms with Gasteiger partial charge in [-0.15, -0.1) is 0 Å². The average Bonchev–Trinajstić information content (AvgIpc) is 3.13. The molecule has 1 aliphatic rings. The van der Waals surface area contributed by atoms with Gasteiger partial charge in [-0.3, -0.25) is 0 Å². The van der Waals surface area contributed by atoms with Gasteiger partial charge in [-0.25, -0.2) is 4.39 Å². The standard InChI is InChI=1S/C14H21FN2/c1-3-17(10-11-7-8-11)14-6-4-5-13(15)12(14)9-16-2/h4-6,11,16H,3,7-10H2,1-2H3. The lowest BCUT2D eigenvalue weighted by molar-refractivity contribution is 0.597. The third-order valence-corrected chi connectivity index (χ3v) is 3.35. The summed E-state index contributed by atoms with van der Waals surface area (Å²) in [5.41, 5.74) is 1.84. The lowest BCUT2D eigenvalue weighted by Crippen LogP contribution is -2.27. The number of nitrogens with zero attached hydrogens (tertiary/aromatic N) is 1. The molecule has 1 saturated carbocycles. The summed E-state index contributed by atoms with van der Waals surface area (Å²) >= 11 is 0. The van der Waals surface area contributed by atoms with Crippen LogP contribution in [0.3, 0.4) is 0 Å². The van der Waals surface area contributed by atoms with E-state index < -0.39 is 0 Å². The van der Waals surface area contributed by atoms with E-state index in [1.807, 2.05) is 13.1 Å². The highest BCUT2D eigenvalue weighted by atomic mass is 19.1. The van der Waals surface area contributed by atoms with Crippen LogP contribution in [-0.2, 0) is 6.54 Å². The normalized spacial score (nSPS) is 15.0. The Labute approximate surface area is 103 Å². The van der Waals surface area contributed by atoms with Gasteiger partial charge in [0.1, 0.15) is 5.82 Å². The van der Waals surface area contributed by atoms with Crippen molar-refractivity contribution in [2.24, 2.45) is 5.92 Å². The van der Waals surface area contributed by atoms with E-state index in [1.54, 1.807) is 12.1 Å². The Hall–Kier alpha value is -1.09. The largest absolute Gasteiger partial charge is 0.371 e. The molecule has 17 heavy (non-hydrogen) atoms. The molecule has 0 amide bonds. The molecule has 3 heteroatoms. The molecule has 0 unspecified atom stereocenters. The summed E-state index contributed by atoms with van der Waals surface area (Å²) in [4.78, 5) is 2.30. The second-order valence-corrected chi connectivity index (χ2v) is 4.75. The van der Waals surface area contributed by atoms with E-state index in [-0.39, 0.29) is 5.82 Å². The van der Waals surface area contributed by atoms with Crippen molar-refractivity contribution in [3.05, 3.63) is 29.6 Å². The first-order valence-corrected chi connectivity index (χ1v) is 6.43. The highest BCUT2D eigenvalue weighted by Gasteiger charge is 2.25. The number of rotatable bonds is 6. The maximum atomic E-state index is 13.8. The van der Waals surface area contributed by atoms with Gasteiger partial charge < -0.3 is 10.2 Å². The Balaban J connectivity index is 2.23. The first-order chi connectivity index (χ1) is 8.26. The van der Waals surface area contributed by atoms with E-state index in [2.05, 4.69) is 17.1 Å². The highest BCUT2D eigenvalue weighted by molar-refractivity contribution is 5.54. The second kappa shape index (κ2) is 5.50. The van der Waals surface area contributed by atoms with Crippen LogP contribution >= 0.6 is 0 Å². The number of benzene rings is 1. The Morgan fingerprint density at radius 2 is 2.18 bits per heavy atom. The molecule has 0 atom stereocenters. The molecule has 0 aromatic heterocycles. The van der Waals surface area contributed by atoms with Crippen LogP contribution in [0.15, 0.2) is 18.2 Å². The maximum Gasteiger partial charge on any atom is 0.129 e. The molecule has 0 aliphatic heterocycles. The maximum absolute atomic E-state index is 13.8. The molecule has 1 N–H and O–H groups in total. The minimum Gasteiger partial charge on any atom is -0.371 e. The molecule has 0 spiro atoms. The molecule has 1 fully saturated rings. The van der Waals surface area contributed by atoms with Crippen molar-refractivity contribution in [3.8, 4) is 0 Å². The summed E-state index contributed by atoms with van der Waals surface area (Å²) in [7, 11) is 1.85. The zero-order valence-electron chi connectivity index (χ0n) is 10.7. The van der Waals surface area contributed by atoms with E-state index in [4.69, 9.17) is 0 Å². The van der Waals surface area contributed by atoms with Gasteiger partial charge in [0, 0.05) is 30.9 Å². The summed E-state index contributed by atoms with van der Waals surface area (Å²) < 4.78 is 13.8. The van der Waals surface area contributed by atoms with Gasteiger partial charge in [-0.1, -0.05) is 6.07 Å². The fourth-order valence-corrected chi connectivity index (χ4v) is 2.21. The smallest absolute Gasteiger partial charge is 0.129 e. The van der Waals surface area contributed by atoms with Crippen molar-refractivity contribution < 1.29 is 4.39 Å². The van der Waals surface area contributed by atoms with Gasteiger partial charge in [-0.05, 0) is 44.9 Å². The van der Waals surface area contributed by atoms with Gasteiger partial charge in [0.15, 0.2) is 0 Å². The van der Waals surface area contributed by atoms with Gasteiger partial charge in [0.2, 0.25) is 0 Å². The molecule has 1 aromatic rings. The number of hydrogen-bond acceptors (Lipinski definition) is 2. The summed E-state index contributed by atoms with van der Waals surface area (Å²) in [5, 5.41) is 3.05. The summed E-state index contributed by atoms with van der Waals surface area (Å²) in [6, 6.07) is 5.38. The van der Waals surface area contributed by atoms with Gasteiger partial charge in [0.25, 0.3) is 0 Å². The molecule has 0 saturated heterocycles. The fraction of sp³-hybridized carbons (Fsp3) is 0.571. The van der Waals surface area contributed by atoms with Gasteiger partial charge in [0.05, 0.1) is 0 Å². The van der Waals surface area contributed by atoms with Crippen LogP contribution in [0.2, 0.25) is 0 Å². The lowest BCUT2D eigenvalue weighted by Gasteiger charge is -2.26. The van der Waals surface area contributed by atoms with Crippen molar-refractivity contribution in [3.63, 3.8) is 0 Å². The molecule has 0 heterocycles. The molecule has 2 rings (SSSR count). The Morgan fingerprint density at radius 1 is 1.41 bits per heavy atom. The lowest BCUT2D eigenvalue weighted by atomic mass is 10.1. The second-order valence-electron chi connectivity index (χ2n) is 4.75.